The molecule has 0 heterocycles. The first-order valence-corrected chi connectivity index (χ1v) is 6.76. The lowest BCUT2D eigenvalue weighted by molar-refractivity contribution is 0.233. The van der Waals surface area contributed by atoms with Crippen molar-refractivity contribution in [2.75, 3.05) is 6.61 Å². The van der Waals surface area contributed by atoms with Crippen molar-refractivity contribution in [3.8, 4) is 0 Å². The molecule has 1 unspecified atom stereocenters. The summed E-state index contributed by atoms with van der Waals surface area (Å²) in [4.78, 5) is 0. The van der Waals surface area contributed by atoms with E-state index in [2.05, 4.69) is 32.0 Å². The van der Waals surface area contributed by atoms with Crippen LogP contribution in [0.4, 0.5) is 0 Å². The van der Waals surface area contributed by atoms with Crippen LogP contribution in [0.2, 0.25) is 0 Å². The van der Waals surface area contributed by atoms with Crippen LogP contribution in [0.15, 0.2) is 18.2 Å². The monoisotopic (exact) mass is 260 g/mol. The van der Waals surface area contributed by atoms with Crippen LogP contribution in [0.3, 0.4) is 0 Å². The van der Waals surface area contributed by atoms with Gasteiger partial charge in [-0.2, -0.15) is 0 Å². The molecule has 1 aromatic rings. The second-order valence-corrected chi connectivity index (χ2v) is 5.20. The number of aliphatic hydroxyl groups is 1. The molecule has 3 N–H and O–H groups in total. The van der Waals surface area contributed by atoms with E-state index in [1.165, 1.54) is 29.1 Å². The lowest BCUT2D eigenvalue weighted by Crippen LogP contribution is -2.28. The average Bonchev–Trinajstić information content (AvgIpc) is 2.39. The van der Waals surface area contributed by atoms with Crippen molar-refractivity contribution < 1.29 is 5.11 Å². The van der Waals surface area contributed by atoms with Gasteiger partial charge in [0.2, 0.25) is 0 Å². The molecule has 0 fully saturated rings. The zero-order valence-electron chi connectivity index (χ0n) is 11.9. The van der Waals surface area contributed by atoms with Gasteiger partial charge in [-0.25, -0.2) is 0 Å². The van der Waals surface area contributed by atoms with Crippen molar-refractivity contribution in [1.82, 2.24) is 0 Å². The first-order valence-electron chi connectivity index (χ1n) is 6.76. The van der Waals surface area contributed by atoms with E-state index < -0.39 is 0 Å². The summed E-state index contributed by atoms with van der Waals surface area (Å²) in [6, 6.07) is 6.37. The van der Waals surface area contributed by atoms with Gasteiger partial charge in [-0.05, 0) is 68.7 Å². The van der Waals surface area contributed by atoms with Crippen molar-refractivity contribution in [2.45, 2.75) is 44.9 Å². The molecule has 0 aromatic heterocycles. The first-order chi connectivity index (χ1) is 9.09. The minimum Gasteiger partial charge on any atom is -0.396 e. The van der Waals surface area contributed by atoms with Crippen LogP contribution < -0.4 is 0 Å². The number of aryl methyl sites for hydroxylation is 2. The zero-order chi connectivity index (χ0) is 14.3. The van der Waals surface area contributed by atoms with Crippen LogP contribution in [0.25, 0.3) is 0 Å². The Bertz CT molecular complexity index is 442. The van der Waals surface area contributed by atoms with E-state index in [9.17, 15) is 5.11 Å². The number of aliphatic hydroxyl groups excluding tert-OH is 1. The van der Waals surface area contributed by atoms with Crippen LogP contribution in [-0.2, 0) is 5.41 Å². The number of benzene rings is 1. The lowest BCUT2D eigenvalue weighted by Gasteiger charge is -2.33. The molecule has 0 radical (unpaired) electrons. The van der Waals surface area contributed by atoms with Crippen molar-refractivity contribution in [3.63, 3.8) is 0 Å². The molecule has 0 aliphatic rings. The topological polar surface area (TPSA) is 67.9 Å². The van der Waals surface area contributed by atoms with E-state index >= 15 is 0 Å². The second kappa shape index (κ2) is 7.19. The maximum Gasteiger partial charge on any atom is 0.0439 e. The molecule has 0 aliphatic carbocycles. The Kier molecular flexibility index (Phi) is 5.90. The minimum atomic E-state index is -0.216. The van der Waals surface area contributed by atoms with Crippen molar-refractivity contribution >= 4 is 12.4 Å². The highest BCUT2D eigenvalue weighted by Crippen LogP contribution is 2.36. The van der Waals surface area contributed by atoms with Gasteiger partial charge in [0.05, 0.1) is 0 Å². The Morgan fingerprint density at radius 3 is 2.37 bits per heavy atom. The minimum absolute atomic E-state index is 0.110. The third-order valence-corrected chi connectivity index (χ3v) is 3.97. The summed E-state index contributed by atoms with van der Waals surface area (Å²) in [5, 5.41) is 24.1. The van der Waals surface area contributed by atoms with Gasteiger partial charge >= 0.3 is 0 Å². The van der Waals surface area contributed by atoms with Gasteiger partial charge in [-0.3, -0.25) is 0 Å². The summed E-state index contributed by atoms with van der Waals surface area (Å²) in [6.07, 6.45) is 5.57. The first kappa shape index (κ1) is 15.6. The molecule has 1 rings (SSSR count). The molecule has 0 amide bonds. The summed E-state index contributed by atoms with van der Waals surface area (Å²) in [5.41, 5.74) is 3.45. The number of hydrogen-bond donors (Lipinski definition) is 3. The van der Waals surface area contributed by atoms with Gasteiger partial charge in [0.25, 0.3) is 0 Å². The normalized spacial score (nSPS) is 13.8. The third-order valence-electron chi connectivity index (χ3n) is 3.97. The fourth-order valence-corrected chi connectivity index (χ4v) is 2.56. The van der Waals surface area contributed by atoms with Gasteiger partial charge in [-0.15, -0.1) is 0 Å². The Balaban J connectivity index is 3.20. The highest BCUT2D eigenvalue weighted by Gasteiger charge is 2.30. The SMILES string of the molecule is Cc1ccc(C(CC=N)(CCO)CCC=N)cc1C. The quantitative estimate of drug-likeness (QED) is 0.616. The molecule has 0 saturated heterocycles. The largest absolute Gasteiger partial charge is 0.396 e. The van der Waals surface area contributed by atoms with Crippen molar-refractivity contribution in [2.24, 2.45) is 0 Å². The maximum atomic E-state index is 9.38. The number of hydrogen-bond acceptors (Lipinski definition) is 3. The molecule has 3 heteroatoms. The van der Waals surface area contributed by atoms with Crippen molar-refractivity contribution in [1.29, 1.82) is 10.8 Å². The van der Waals surface area contributed by atoms with Gasteiger partial charge < -0.3 is 15.9 Å². The number of nitrogens with one attached hydrogen (secondary N) is 2. The second-order valence-electron chi connectivity index (χ2n) is 5.20. The molecule has 104 valence electrons. The van der Waals surface area contributed by atoms with E-state index in [1.54, 1.807) is 0 Å². The molecule has 3 nitrogen and oxygen atoms in total. The molecule has 19 heavy (non-hydrogen) atoms. The molecule has 0 aliphatic heterocycles. The Labute approximate surface area is 115 Å². The van der Waals surface area contributed by atoms with Crippen LogP contribution in [0, 0.1) is 24.7 Å². The smallest absolute Gasteiger partial charge is 0.0439 e. The van der Waals surface area contributed by atoms with Crippen molar-refractivity contribution in [3.05, 3.63) is 34.9 Å². The Morgan fingerprint density at radius 1 is 1.11 bits per heavy atom. The molecular weight excluding hydrogens is 236 g/mol. The van der Waals surface area contributed by atoms with E-state index in [0.29, 0.717) is 19.3 Å². The molecule has 0 bridgehead atoms. The molecule has 1 atom stereocenters. The summed E-state index contributed by atoms with van der Waals surface area (Å²) in [6.45, 7) is 4.28. The van der Waals surface area contributed by atoms with Gasteiger partial charge in [0.15, 0.2) is 0 Å². The molecule has 1 aromatic carbocycles. The van der Waals surface area contributed by atoms with Crippen LogP contribution >= 0.6 is 0 Å². The highest BCUT2D eigenvalue weighted by molar-refractivity contribution is 5.58. The van der Waals surface area contributed by atoms with E-state index in [4.69, 9.17) is 10.8 Å². The number of rotatable bonds is 8. The predicted molar refractivity (Wildman–Crippen MR) is 80.7 cm³/mol. The van der Waals surface area contributed by atoms with Crippen LogP contribution in [-0.4, -0.2) is 24.1 Å². The third kappa shape index (κ3) is 3.74. The van der Waals surface area contributed by atoms with E-state index in [-0.39, 0.29) is 12.0 Å². The summed E-state index contributed by atoms with van der Waals surface area (Å²) in [5.74, 6) is 0. The Morgan fingerprint density at radius 2 is 1.84 bits per heavy atom. The predicted octanol–water partition coefficient (Wildman–Crippen LogP) is 3.39. The fraction of sp³-hybridized carbons (Fsp3) is 0.500. The van der Waals surface area contributed by atoms with Crippen LogP contribution in [0.5, 0.6) is 0 Å². The van der Waals surface area contributed by atoms with Gasteiger partial charge in [0, 0.05) is 12.0 Å². The summed E-state index contributed by atoms with van der Waals surface area (Å²) >= 11 is 0. The molecule has 0 spiro atoms. The zero-order valence-corrected chi connectivity index (χ0v) is 11.9. The highest BCUT2D eigenvalue weighted by atomic mass is 16.3. The summed E-state index contributed by atoms with van der Waals surface area (Å²) in [7, 11) is 0. The average molecular weight is 260 g/mol. The maximum absolute atomic E-state index is 9.38. The molecule has 0 saturated carbocycles. The fourth-order valence-electron chi connectivity index (χ4n) is 2.56. The van der Waals surface area contributed by atoms with Gasteiger partial charge in [-0.1, -0.05) is 18.2 Å². The van der Waals surface area contributed by atoms with E-state index in [0.717, 1.165) is 6.42 Å². The standard InChI is InChI=1S/C16H24N2O/c1-13-4-5-15(12-14(13)2)16(7-10-18,8-11-19)6-3-9-17/h4-5,9-10,12,17-19H,3,6-8,11H2,1-2H3. The Hall–Kier alpha value is -1.48. The molecular formula is C16H24N2O. The van der Waals surface area contributed by atoms with Crippen LogP contribution in [0.1, 0.15) is 42.4 Å². The van der Waals surface area contributed by atoms with E-state index in [1.807, 2.05) is 0 Å². The lowest BCUT2D eigenvalue weighted by atomic mass is 9.71. The summed E-state index contributed by atoms with van der Waals surface area (Å²) < 4.78 is 0. The van der Waals surface area contributed by atoms with Gasteiger partial charge in [0.1, 0.15) is 0 Å².